The number of nitrogens with zero attached hydrogens (tertiary/aromatic N) is 5. The lowest BCUT2D eigenvalue weighted by Gasteiger charge is -2.18. The quantitative estimate of drug-likeness (QED) is 0.716. The average molecular weight is 309 g/mol. The summed E-state index contributed by atoms with van der Waals surface area (Å²) < 4.78 is 5.21. The largest absolute Gasteiger partial charge is 0.332 e. The molecular weight excluding hydrogens is 286 g/mol. The van der Waals surface area contributed by atoms with Gasteiger partial charge in [-0.15, -0.1) is 0 Å². The Morgan fingerprint density at radius 2 is 1.45 bits per heavy atom. The molecule has 0 aliphatic rings. The first kappa shape index (κ1) is 16.3. The number of fused-ring (bicyclic) bond motifs is 1. The molecule has 0 aromatic carbocycles. The highest BCUT2D eigenvalue weighted by atomic mass is 16.2. The van der Waals surface area contributed by atoms with Crippen LogP contribution in [-0.2, 0) is 27.7 Å². The van der Waals surface area contributed by atoms with Crippen molar-refractivity contribution in [1.82, 2.24) is 23.2 Å². The molecule has 0 unspecified atom stereocenters. The van der Waals surface area contributed by atoms with Crippen LogP contribution in [0, 0.1) is 0 Å². The van der Waals surface area contributed by atoms with Crippen LogP contribution < -0.4 is 16.9 Å². The summed E-state index contributed by atoms with van der Waals surface area (Å²) >= 11 is 0. The maximum atomic E-state index is 12.4. The summed E-state index contributed by atoms with van der Waals surface area (Å²) in [6.45, 7) is 7.02. The number of hydrogen-bond acceptors (Lipinski definition) is 4. The van der Waals surface area contributed by atoms with Gasteiger partial charge in [-0.05, 0) is 13.1 Å². The van der Waals surface area contributed by atoms with E-state index in [0.29, 0.717) is 18.7 Å². The van der Waals surface area contributed by atoms with Crippen molar-refractivity contribution in [2.24, 2.45) is 21.1 Å². The predicted molar refractivity (Wildman–Crippen MR) is 85.4 cm³/mol. The van der Waals surface area contributed by atoms with Gasteiger partial charge < -0.3 is 4.90 Å². The molecule has 8 nitrogen and oxygen atoms in total. The van der Waals surface area contributed by atoms with E-state index in [1.165, 1.54) is 20.7 Å². The minimum atomic E-state index is -0.445. The van der Waals surface area contributed by atoms with Gasteiger partial charge in [0.25, 0.3) is 5.56 Å². The lowest BCUT2D eigenvalue weighted by molar-refractivity contribution is 0.289. The molecule has 22 heavy (non-hydrogen) atoms. The van der Waals surface area contributed by atoms with Gasteiger partial charge in [-0.2, -0.15) is 0 Å². The number of imidazole rings is 1. The summed E-state index contributed by atoms with van der Waals surface area (Å²) in [6, 6.07) is 0. The number of likely N-dealkylation sites (N-methyl/N-ethyl adjacent to an activating group) is 1. The summed E-state index contributed by atoms with van der Waals surface area (Å²) in [6.07, 6.45) is 0. The van der Waals surface area contributed by atoms with Crippen LogP contribution in [0.4, 0.5) is 0 Å². The van der Waals surface area contributed by atoms with E-state index < -0.39 is 11.2 Å². The lowest BCUT2D eigenvalue weighted by atomic mass is 10.4. The van der Waals surface area contributed by atoms with Gasteiger partial charge in [-0.25, -0.2) is 9.59 Å². The zero-order chi connectivity index (χ0) is 16.6. The molecule has 2 aromatic rings. The molecule has 0 aliphatic heterocycles. The van der Waals surface area contributed by atoms with Gasteiger partial charge in [0.15, 0.2) is 11.2 Å². The maximum Gasteiger partial charge on any atom is 0.332 e. The Balaban J connectivity index is 2.71. The summed E-state index contributed by atoms with van der Waals surface area (Å²) in [4.78, 5) is 39.1. The van der Waals surface area contributed by atoms with Gasteiger partial charge in [0, 0.05) is 34.2 Å². The molecule has 0 saturated heterocycles. The fraction of sp³-hybridized carbons (Fsp3) is 0.643. The number of rotatable bonds is 5. The molecule has 0 saturated carbocycles. The van der Waals surface area contributed by atoms with Crippen LogP contribution >= 0.6 is 0 Å². The molecule has 2 aromatic heterocycles. The molecule has 0 radical (unpaired) electrons. The fourth-order valence-electron chi connectivity index (χ4n) is 2.77. The number of hydrogen-bond donors (Lipinski definition) is 0. The van der Waals surface area contributed by atoms with Crippen molar-refractivity contribution in [3.05, 3.63) is 31.3 Å². The first-order valence-electron chi connectivity index (χ1n) is 7.42. The molecule has 122 valence electrons. The third-order valence-electron chi connectivity index (χ3n) is 4.25. The summed E-state index contributed by atoms with van der Waals surface area (Å²) in [5, 5.41) is 0. The zero-order valence-electron chi connectivity index (χ0n) is 13.8. The maximum absolute atomic E-state index is 12.4. The smallest absolute Gasteiger partial charge is 0.302 e. The molecule has 8 heteroatoms. The Hall–Kier alpha value is -2.09. The van der Waals surface area contributed by atoms with E-state index in [1.54, 1.807) is 14.1 Å². The van der Waals surface area contributed by atoms with Crippen LogP contribution in [-0.4, -0.2) is 42.8 Å². The Morgan fingerprint density at radius 3 is 2.00 bits per heavy atom. The standard InChI is InChI=1S/C14H23N5O3/c1-6-18(7-2)8-9-19-11-10(15(3)14(19)22)12(20)17(5)13(21)16(11)4/h6-9H2,1-5H3. The van der Waals surface area contributed by atoms with Crippen LogP contribution in [0.5, 0.6) is 0 Å². The van der Waals surface area contributed by atoms with Crippen LogP contribution in [0.25, 0.3) is 11.2 Å². The monoisotopic (exact) mass is 309 g/mol. The van der Waals surface area contributed by atoms with Crippen molar-refractivity contribution < 1.29 is 0 Å². The first-order valence-corrected chi connectivity index (χ1v) is 7.42. The van der Waals surface area contributed by atoms with Crippen LogP contribution in [0.15, 0.2) is 14.4 Å². The summed E-state index contributed by atoms with van der Waals surface area (Å²) in [5.41, 5.74) is -0.513. The molecule has 2 heterocycles. The fourth-order valence-corrected chi connectivity index (χ4v) is 2.77. The van der Waals surface area contributed by atoms with Crippen LogP contribution in [0.1, 0.15) is 13.8 Å². The van der Waals surface area contributed by atoms with Crippen molar-refractivity contribution in [3.8, 4) is 0 Å². The van der Waals surface area contributed by atoms with E-state index in [-0.39, 0.29) is 11.2 Å². The van der Waals surface area contributed by atoms with Crippen LogP contribution in [0.3, 0.4) is 0 Å². The number of aryl methyl sites for hydroxylation is 2. The molecule has 0 aliphatic carbocycles. The van der Waals surface area contributed by atoms with Crippen molar-refractivity contribution in [2.75, 3.05) is 19.6 Å². The van der Waals surface area contributed by atoms with E-state index in [0.717, 1.165) is 17.7 Å². The Labute approximate surface area is 127 Å². The second-order valence-corrected chi connectivity index (χ2v) is 5.40. The highest BCUT2D eigenvalue weighted by Gasteiger charge is 2.19. The van der Waals surface area contributed by atoms with E-state index >= 15 is 0 Å². The van der Waals surface area contributed by atoms with Gasteiger partial charge in [0.05, 0.1) is 0 Å². The highest BCUT2D eigenvalue weighted by Crippen LogP contribution is 2.05. The van der Waals surface area contributed by atoms with Crippen molar-refractivity contribution in [1.29, 1.82) is 0 Å². The molecule has 0 spiro atoms. The number of aromatic nitrogens is 4. The van der Waals surface area contributed by atoms with Crippen molar-refractivity contribution in [2.45, 2.75) is 20.4 Å². The molecular formula is C14H23N5O3. The Kier molecular flexibility index (Phi) is 4.41. The van der Waals surface area contributed by atoms with Crippen LogP contribution in [0.2, 0.25) is 0 Å². The topological polar surface area (TPSA) is 74.2 Å². The van der Waals surface area contributed by atoms with E-state index in [2.05, 4.69) is 18.7 Å². The van der Waals surface area contributed by atoms with Gasteiger partial charge in [-0.1, -0.05) is 13.8 Å². The van der Waals surface area contributed by atoms with E-state index in [9.17, 15) is 14.4 Å². The molecule has 2 rings (SSSR count). The minimum absolute atomic E-state index is 0.258. The SMILES string of the molecule is CCN(CC)CCn1c(=O)n(C)c2c(=O)n(C)c(=O)n(C)c21. The van der Waals surface area contributed by atoms with E-state index in [4.69, 9.17) is 0 Å². The molecule has 0 atom stereocenters. The molecule has 0 amide bonds. The van der Waals surface area contributed by atoms with E-state index in [1.807, 2.05) is 0 Å². The third-order valence-corrected chi connectivity index (χ3v) is 4.25. The normalized spacial score (nSPS) is 11.7. The molecule has 0 bridgehead atoms. The van der Waals surface area contributed by atoms with Gasteiger partial charge >= 0.3 is 11.4 Å². The second kappa shape index (κ2) is 5.96. The Morgan fingerprint density at radius 1 is 0.864 bits per heavy atom. The second-order valence-electron chi connectivity index (χ2n) is 5.40. The average Bonchev–Trinajstić information content (AvgIpc) is 2.76. The van der Waals surface area contributed by atoms with Crippen molar-refractivity contribution in [3.63, 3.8) is 0 Å². The predicted octanol–water partition coefficient (Wildman–Crippen LogP) is -0.921. The summed E-state index contributed by atoms with van der Waals surface area (Å²) in [5.74, 6) is 0. The van der Waals surface area contributed by atoms with Gasteiger partial charge in [0.2, 0.25) is 0 Å². The molecule has 0 N–H and O–H groups in total. The van der Waals surface area contributed by atoms with Crippen molar-refractivity contribution >= 4 is 11.2 Å². The molecule has 0 fully saturated rings. The minimum Gasteiger partial charge on any atom is -0.302 e. The third kappa shape index (κ3) is 2.33. The first-order chi connectivity index (χ1) is 10.3. The Bertz CT molecular complexity index is 864. The summed E-state index contributed by atoms with van der Waals surface area (Å²) in [7, 11) is 4.56. The van der Waals surface area contributed by atoms with Gasteiger partial charge in [0.1, 0.15) is 0 Å². The van der Waals surface area contributed by atoms with Gasteiger partial charge in [-0.3, -0.25) is 23.1 Å². The highest BCUT2D eigenvalue weighted by molar-refractivity contribution is 5.70. The zero-order valence-corrected chi connectivity index (χ0v) is 13.8. The lowest BCUT2D eigenvalue weighted by Crippen LogP contribution is -2.38.